The van der Waals surface area contributed by atoms with E-state index in [-0.39, 0.29) is 165 Å². The number of hydrogen-bond donors (Lipinski definition) is 1. The van der Waals surface area contributed by atoms with Crippen LogP contribution in [-0.2, 0) is 52.3 Å². The van der Waals surface area contributed by atoms with Gasteiger partial charge in [-0.2, -0.15) is 0 Å². The fourth-order valence-corrected chi connectivity index (χ4v) is 27.7. The maximum absolute atomic E-state index is 14.8. The molecular weight excluding hydrogens is 1840 g/mol. The van der Waals surface area contributed by atoms with Crippen molar-refractivity contribution in [2.75, 3.05) is 69.4 Å². The fourth-order valence-electron chi connectivity index (χ4n) is 23.2. The minimum Gasteiger partial charge on any atom is -0.477 e. The topological polar surface area (TPSA) is 234 Å². The molecule has 3 atom stereocenters. The summed E-state index contributed by atoms with van der Waals surface area (Å²) < 4.78 is 125. The van der Waals surface area contributed by atoms with E-state index in [1.54, 1.807) is 56.4 Å². The molecule has 8 saturated carbocycles. The van der Waals surface area contributed by atoms with Crippen LogP contribution in [0.1, 0.15) is 375 Å². The molecule has 0 bridgehead atoms. The van der Waals surface area contributed by atoms with E-state index in [1.165, 1.54) is 51.1 Å². The Bertz CT molecular complexity index is 4870. The quantitative estimate of drug-likeness (QED) is 0.0390. The number of anilines is 4. The zero-order valence-corrected chi connectivity index (χ0v) is 85.7. The first-order chi connectivity index (χ1) is 66.0. The Morgan fingerprint density at radius 3 is 0.891 bits per heavy atom. The number of hydrogen-bond acceptors (Lipinski definition) is 19. The van der Waals surface area contributed by atoms with Crippen molar-refractivity contribution < 1.29 is 103 Å². The molecule has 20 nitrogen and oxygen atoms in total. The molecule has 8 fully saturated rings. The number of alkyl halides is 3. The maximum Gasteiger partial charge on any atom is 0.350 e. The van der Waals surface area contributed by atoms with Crippen molar-refractivity contribution in [3.05, 3.63) is 86.8 Å². The molecule has 4 aromatic heterocycles. The molecule has 137 heavy (non-hydrogen) atoms. The van der Waals surface area contributed by atoms with Crippen LogP contribution in [0.15, 0.2) is 47.8 Å². The third-order valence-corrected chi connectivity index (χ3v) is 36.4. The molecule has 4 amide bonds. The summed E-state index contributed by atoms with van der Waals surface area (Å²) in [5.74, 6) is -1.98. The maximum atomic E-state index is 14.8. The van der Waals surface area contributed by atoms with Crippen LogP contribution in [0.3, 0.4) is 0 Å². The van der Waals surface area contributed by atoms with E-state index in [2.05, 4.69) is 39.8 Å². The SMILES string of the molecule is COC(=O)c1sc(C2=C(F)C(F)CCC2)cc1N(C(=O)C1CCC(C)CC1)C1CCC(OC)CC1.COC(=O)c1sc(C2=C(F)CCCC2F)cc1N(C(=O)C1CCC(C)CC1)C1CCC(OC)CC1.COC(=O)c1sc(C2=CCCCC2)cc1N(C(=O)C1CCC(C)CC1)C1CCC(OC)CC1.COC1CCC(N(C(=O)C2CCC(C)CC2)c2cc(C3=C(F)CCCC3F)sc2C(=O)O)CC1. The van der Waals surface area contributed by atoms with Gasteiger partial charge < -0.3 is 57.9 Å². The summed E-state index contributed by atoms with van der Waals surface area (Å²) in [7, 11) is 10.9. The number of carbonyl (C=O) groups is 8. The minimum atomic E-state index is -1.61. The Kier molecular flexibility index (Phi) is 39.7. The number of halogens is 6. The molecule has 30 heteroatoms. The Morgan fingerprint density at radius 2 is 0.599 bits per heavy atom. The Labute approximate surface area is 822 Å². The predicted molar refractivity (Wildman–Crippen MR) is 532 cm³/mol. The first-order valence-electron chi connectivity index (χ1n) is 51.2. The fraction of sp³-hybridized carbons (Fsp3) is 0.701. The average Bonchev–Trinajstić information content (AvgIpc) is 1.61. The lowest BCUT2D eigenvalue weighted by Crippen LogP contribution is -2.47. The van der Waals surface area contributed by atoms with E-state index in [1.807, 2.05) is 9.80 Å². The highest BCUT2D eigenvalue weighted by molar-refractivity contribution is 7.17. The van der Waals surface area contributed by atoms with Gasteiger partial charge in [-0.1, -0.05) is 33.8 Å². The van der Waals surface area contributed by atoms with Crippen LogP contribution in [0.2, 0.25) is 0 Å². The highest BCUT2D eigenvalue weighted by Crippen LogP contribution is 2.52. The van der Waals surface area contributed by atoms with Crippen LogP contribution < -0.4 is 19.6 Å². The number of aromatic carboxylic acids is 1. The van der Waals surface area contributed by atoms with Crippen molar-refractivity contribution in [1.82, 2.24) is 0 Å². The normalized spacial score (nSPS) is 29.5. The van der Waals surface area contributed by atoms with E-state index in [4.69, 9.17) is 33.2 Å². The highest BCUT2D eigenvalue weighted by Gasteiger charge is 2.46. The van der Waals surface area contributed by atoms with Crippen molar-refractivity contribution >= 4 is 138 Å². The standard InChI is InChI=1S/2C27H37F2NO4S.C27H39NO4S.C26H35F2NO4S/c1-16-7-9-17(10-8-16)26(31)30(18-11-13-19(33-2)14-12-18)22-15-23(35-25(22)27(32)34-3)24-20(28)5-4-6-21(24)29;1-16-7-9-17(10-8-16)26(31)30(18-11-13-19(33-2)14-12-18)22-15-23(35-25(22)27(32)34-3)20-5-4-6-21(28)24(20)29;1-18-9-11-20(12-10-18)26(29)28(21-13-15-22(31-2)16-14-21)23-17-24(19-7-5-4-6-8-19)33-25(23)27(30)32-3;1-15-6-8-16(9-7-15)25(30)29(17-10-12-18(33-2)13-11-17)21-14-22(34-24(21)26(31)32)23-19(27)4-3-5-20(23)28/h15-20H,4-14H2,1-3H3;15-19,21H,4-14H2,1-3H3;7,17-18,20-22H,4-6,8-16H2,1-3H3;14-19H,3-13H2,1-2H3,(H,31,32). The van der Waals surface area contributed by atoms with Crippen LogP contribution in [0, 0.1) is 47.3 Å². The molecule has 3 unspecified atom stereocenters. The molecule has 4 aromatic rings. The van der Waals surface area contributed by atoms with Gasteiger partial charge >= 0.3 is 23.9 Å². The van der Waals surface area contributed by atoms with Gasteiger partial charge in [-0.05, 0) is 342 Å². The summed E-state index contributed by atoms with van der Waals surface area (Å²) in [6.07, 6.45) is 33.9. The molecule has 0 radical (unpaired) electrons. The lowest BCUT2D eigenvalue weighted by atomic mass is 9.81. The molecule has 12 aliphatic rings. The lowest BCUT2D eigenvalue weighted by Gasteiger charge is -2.39. The van der Waals surface area contributed by atoms with E-state index in [9.17, 15) is 69.8 Å². The molecule has 758 valence electrons. The van der Waals surface area contributed by atoms with Gasteiger partial charge in [-0.25, -0.2) is 45.5 Å². The van der Waals surface area contributed by atoms with Crippen LogP contribution in [-0.4, -0.2) is 169 Å². The summed E-state index contributed by atoms with van der Waals surface area (Å²) in [5, 5.41) is 10.0. The zero-order chi connectivity index (χ0) is 98.0. The summed E-state index contributed by atoms with van der Waals surface area (Å²) >= 11 is 4.53. The second kappa shape index (κ2) is 50.7. The molecule has 0 saturated heterocycles. The number of carboxylic acids is 1. The second-order valence-corrected chi connectivity index (χ2v) is 45.1. The predicted octanol–water partition coefficient (Wildman–Crippen LogP) is 27.1. The average molecular weight is 1990 g/mol. The number of methoxy groups -OCH3 is 7. The number of thiophene rings is 4. The molecule has 0 spiro atoms. The number of rotatable bonds is 24. The van der Waals surface area contributed by atoms with Crippen molar-refractivity contribution in [3.63, 3.8) is 0 Å². The first-order valence-corrected chi connectivity index (χ1v) is 54.5. The smallest absolute Gasteiger partial charge is 0.350 e. The number of esters is 3. The van der Waals surface area contributed by atoms with Crippen molar-refractivity contribution in [3.8, 4) is 0 Å². The molecule has 0 aliphatic heterocycles. The molecule has 16 rings (SSSR count). The third kappa shape index (κ3) is 26.3. The van der Waals surface area contributed by atoms with Crippen LogP contribution in [0.4, 0.5) is 49.1 Å². The summed E-state index contributed by atoms with van der Waals surface area (Å²) in [5.41, 5.74) is 3.62. The zero-order valence-electron chi connectivity index (χ0n) is 82.4. The third-order valence-electron chi connectivity index (χ3n) is 31.8. The monoisotopic (exact) mass is 1990 g/mol. The Balaban J connectivity index is 0.000000154. The number of ether oxygens (including phenoxy) is 7. The highest BCUT2D eigenvalue weighted by atomic mass is 32.1. The largest absolute Gasteiger partial charge is 0.477 e. The lowest BCUT2D eigenvalue weighted by molar-refractivity contribution is -0.125. The molecule has 1 N–H and O–H groups in total. The minimum absolute atomic E-state index is 0.0144. The van der Waals surface area contributed by atoms with Crippen LogP contribution >= 0.6 is 45.3 Å². The van der Waals surface area contributed by atoms with E-state index >= 15 is 0 Å². The van der Waals surface area contributed by atoms with Gasteiger partial charge in [0.1, 0.15) is 49.3 Å². The van der Waals surface area contributed by atoms with E-state index in [0.29, 0.717) is 99.5 Å². The number of carboxylic acid groups (broad SMARTS) is 1. The Hall–Kier alpha value is -7.06. The molecule has 4 heterocycles. The van der Waals surface area contributed by atoms with Gasteiger partial charge in [-0.3, -0.25) is 19.2 Å². The van der Waals surface area contributed by atoms with Crippen LogP contribution in [0.25, 0.3) is 22.3 Å². The van der Waals surface area contributed by atoms with Crippen molar-refractivity contribution in [2.24, 2.45) is 47.3 Å². The van der Waals surface area contributed by atoms with Gasteiger partial charge in [-0.15, -0.1) is 45.3 Å². The number of allylic oxidation sites excluding steroid dienone is 8. The number of amides is 4. The molecule has 0 aromatic carbocycles. The van der Waals surface area contributed by atoms with Gasteiger partial charge in [0.2, 0.25) is 23.6 Å². The van der Waals surface area contributed by atoms with Gasteiger partial charge in [0, 0.05) is 113 Å². The van der Waals surface area contributed by atoms with Crippen LogP contribution in [0.5, 0.6) is 0 Å². The first kappa shape index (κ1) is 107. The van der Waals surface area contributed by atoms with Crippen molar-refractivity contribution in [1.29, 1.82) is 0 Å². The number of carbonyl (C=O) groups excluding carboxylic acids is 7. The van der Waals surface area contributed by atoms with E-state index < -0.39 is 53.9 Å². The molecular formula is C107H148F6N4O16S4. The van der Waals surface area contributed by atoms with Gasteiger partial charge in [0.15, 0.2) is 6.17 Å². The number of nitrogens with zero attached hydrogens (tertiary/aromatic N) is 4. The van der Waals surface area contributed by atoms with E-state index in [0.717, 1.165) is 250 Å². The van der Waals surface area contributed by atoms with Crippen molar-refractivity contribution in [2.45, 2.75) is 384 Å². The summed E-state index contributed by atoms with van der Waals surface area (Å²) in [6, 6.07) is 6.86. The van der Waals surface area contributed by atoms with Gasteiger partial charge in [0.05, 0.1) is 68.5 Å². The summed E-state index contributed by atoms with van der Waals surface area (Å²) in [6.45, 7) is 8.90. The van der Waals surface area contributed by atoms with Gasteiger partial charge in [0.25, 0.3) is 0 Å². The Morgan fingerprint density at radius 1 is 0.321 bits per heavy atom. The summed E-state index contributed by atoms with van der Waals surface area (Å²) in [4.78, 5) is 117. The second-order valence-electron chi connectivity index (χ2n) is 40.9. The molecule has 12 aliphatic carbocycles.